The molecule has 260 valence electrons. The van der Waals surface area contributed by atoms with E-state index in [1.165, 1.54) is 6.20 Å². The van der Waals surface area contributed by atoms with Crippen molar-refractivity contribution in [2.45, 2.75) is 53.5 Å². The van der Waals surface area contributed by atoms with Crippen LogP contribution in [0.15, 0.2) is 48.3 Å². The fraction of sp³-hybridized carbons (Fsp3) is 0.297. The van der Waals surface area contributed by atoms with Crippen molar-refractivity contribution >= 4 is 73.9 Å². The quantitative estimate of drug-likeness (QED) is 0.0507. The number of hydrogen-bond donors (Lipinski definition) is 4. The number of allylic oxidation sites excluding steroid dienone is 2. The molecule has 0 saturated heterocycles. The number of aromatic nitrogens is 3. The molecule has 0 atom stereocenters. The number of aryl methyl sites for hydroxylation is 5. The molecule has 50 heavy (non-hydrogen) atoms. The molecule has 0 fully saturated rings. The standard InChI is InChI=1S/C37H39Cl2N7O4/c1-19-14-24(15-20(2)33(19)39)50-13-6-8-25-26-9-10-29(38)32(31(21(3)40)22(4)43-41)34(26)46-12-7-11-45(36(47)35(25)46)23-16-27(37(48)49)28-18-42-44(5)30(28)17-23/h9-10,14-18,40,43H,6-8,11-13,41H2,1-5H3,(H,48,49)/b31-22+,40-21?. The second-order valence-electron chi connectivity index (χ2n) is 12.7. The molecule has 3 heterocycles. The van der Waals surface area contributed by atoms with Gasteiger partial charge in [-0.3, -0.25) is 15.3 Å². The van der Waals surface area contributed by atoms with Crippen molar-refractivity contribution in [3.63, 3.8) is 0 Å². The average Bonchev–Trinajstić information content (AvgIpc) is 3.54. The van der Waals surface area contributed by atoms with Crippen LogP contribution in [-0.2, 0) is 20.0 Å². The Morgan fingerprint density at radius 2 is 1.82 bits per heavy atom. The number of amides is 1. The van der Waals surface area contributed by atoms with Crippen LogP contribution in [-0.4, -0.2) is 50.2 Å². The van der Waals surface area contributed by atoms with Gasteiger partial charge in [0.25, 0.3) is 5.91 Å². The molecule has 0 unspecified atom stereocenters. The van der Waals surface area contributed by atoms with Crippen LogP contribution >= 0.6 is 23.2 Å². The first kappa shape index (κ1) is 35.0. The Balaban J connectivity index is 1.50. The van der Waals surface area contributed by atoms with Gasteiger partial charge in [0, 0.05) is 64.2 Å². The number of aromatic carboxylic acids is 1. The summed E-state index contributed by atoms with van der Waals surface area (Å²) < 4.78 is 9.77. The molecule has 5 aromatic rings. The van der Waals surface area contributed by atoms with Crippen LogP contribution in [0.1, 0.15) is 69.8 Å². The zero-order chi connectivity index (χ0) is 36.0. The number of nitrogens with zero attached hydrogens (tertiary/aromatic N) is 4. The summed E-state index contributed by atoms with van der Waals surface area (Å²) in [7, 11) is 1.74. The zero-order valence-corrected chi connectivity index (χ0v) is 30.1. The molecule has 13 heteroatoms. The topological polar surface area (TPSA) is 151 Å². The maximum Gasteiger partial charge on any atom is 0.336 e. The first-order valence-electron chi connectivity index (χ1n) is 16.3. The van der Waals surface area contributed by atoms with E-state index in [4.69, 9.17) is 39.2 Å². The van der Waals surface area contributed by atoms with E-state index in [0.29, 0.717) is 88.1 Å². The number of hydrazine groups is 1. The Labute approximate surface area is 299 Å². The molecular formula is C37H39Cl2N7O4. The largest absolute Gasteiger partial charge is 0.494 e. The maximum absolute atomic E-state index is 14.9. The van der Waals surface area contributed by atoms with Gasteiger partial charge in [-0.1, -0.05) is 29.3 Å². The van der Waals surface area contributed by atoms with E-state index < -0.39 is 5.97 Å². The van der Waals surface area contributed by atoms with Gasteiger partial charge in [-0.05, 0) is 94.0 Å². The van der Waals surface area contributed by atoms with E-state index in [-0.39, 0.29) is 17.2 Å². The van der Waals surface area contributed by atoms with Gasteiger partial charge >= 0.3 is 5.97 Å². The summed E-state index contributed by atoms with van der Waals surface area (Å²) in [4.78, 5) is 28.9. The van der Waals surface area contributed by atoms with Crippen LogP contribution in [0.2, 0.25) is 10.0 Å². The van der Waals surface area contributed by atoms with Crippen molar-refractivity contribution in [1.82, 2.24) is 19.8 Å². The number of ether oxygens (including phenoxy) is 1. The predicted molar refractivity (Wildman–Crippen MR) is 199 cm³/mol. The van der Waals surface area contributed by atoms with Crippen LogP contribution < -0.4 is 20.9 Å². The normalized spacial score (nSPS) is 13.8. The van der Waals surface area contributed by atoms with Crippen molar-refractivity contribution in [1.29, 1.82) is 5.41 Å². The molecule has 1 aliphatic heterocycles. The number of fused-ring (bicyclic) bond motifs is 4. The number of nitrogens with two attached hydrogens (primary N) is 1. The molecule has 2 aromatic heterocycles. The van der Waals surface area contributed by atoms with Gasteiger partial charge < -0.3 is 30.1 Å². The lowest BCUT2D eigenvalue weighted by molar-refractivity contribution is 0.0698. The molecule has 0 radical (unpaired) electrons. The highest BCUT2D eigenvalue weighted by Crippen LogP contribution is 2.41. The van der Waals surface area contributed by atoms with Gasteiger partial charge in [0.05, 0.1) is 34.4 Å². The molecule has 3 aromatic carbocycles. The molecule has 0 bridgehead atoms. The van der Waals surface area contributed by atoms with Gasteiger partial charge in [-0.2, -0.15) is 5.10 Å². The number of halogens is 2. The van der Waals surface area contributed by atoms with Gasteiger partial charge in [0.1, 0.15) is 11.4 Å². The van der Waals surface area contributed by atoms with E-state index in [9.17, 15) is 14.7 Å². The number of rotatable bonds is 10. The van der Waals surface area contributed by atoms with Gasteiger partial charge in [0.15, 0.2) is 0 Å². The lowest BCUT2D eigenvalue weighted by atomic mass is 9.95. The van der Waals surface area contributed by atoms with Crippen LogP contribution in [0.4, 0.5) is 5.69 Å². The lowest BCUT2D eigenvalue weighted by Gasteiger charge is -2.22. The van der Waals surface area contributed by atoms with Gasteiger partial charge in [-0.15, -0.1) is 0 Å². The Hall–Kier alpha value is -4.84. The van der Waals surface area contributed by atoms with Crippen molar-refractivity contribution in [3.05, 3.63) is 91.8 Å². The summed E-state index contributed by atoms with van der Waals surface area (Å²) >= 11 is 13.3. The minimum Gasteiger partial charge on any atom is -0.494 e. The fourth-order valence-corrected chi connectivity index (χ4v) is 7.39. The summed E-state index contributed by atoms with van der Waals surface area (Å²) in [5.74, 6) is 5.23. The third-order valence-corrected chi connectivity index (χ3v) is 10.3. The summed E-state index contributed by atoms with van der Waals surface area (Å²) in [6.07, 6.45) is 3.20. The summed E-state index contributed by atoms with van der Waals surface area (Å²) in [6, 6.07) is 10.9. The molecule has 1 amide bonds. The van der Waals surface area contributed by atoms with Crippen LogP contribution in [0, 0.1) is 19.3 Å². The molecule has 11 nitrogen and oxygen atoms in total. The monoisotopic (exact) mass is 715 g/mol. The zero-order valence-electron chi connectivity index (χ0n) is 28.6. The molecule has 0 saturated carbocycles. The second-order valence-corrected chi connectivity index (χ2v) is 13.5. The van der Waals surface area contributed by atoms with Crippen molar-refractivity contribution in [2.75, 3.05) is 18.1 Å². The number of carbonyl (C=O) groups is 2. The van der Waals surface area contributed by atoms with E-state index in [2.05, 4.69) is 10.5 Å². The summed E-state index contributed by atoms with van der Waals surface area (Å²) in [6.45, 7) is 8.58. The SMILES string of the molecule is CC(=N)/C(=C(/C)NN)c1c(Cl)ccc2c(CCCOc3cc(C)c(Cl)c(C)c3)c3n(c12)CCCN(c1cc(C(=O)O)c2cnn(C)c2c1)C3=O. The third-order valence-electron chi connectivity index (χ3n) is 9.35. The molecule has 1 aliphatic rings. The second kappa shape index (κ2) is 13.8. The molecular weight excluding hydrogens is 677 g/mol. The number of nitrogens with one attached hydrogen (secondary N) is 2. The van der Waals surface area contributed by atoms with Crippen LogP contribution in [0.5, 0.6) is 5.75 Å². The number of hydrogen-bond acceptors (Lipinski definition) is 7. The highest BCUT2D eigenvalue weighted by molar-refractivity contribution is 6.37. The number of carboxylic acid groups (broad SMARTS) is 1. The fourth-order valence-electron chi connectivity index (χ4n) is 7.04. The highest BCUT2D eigenvalue weighted by Gasteiger charge is 2.33. The van der Waals surface area contributed by atoms with Crippen LogP contribution in [0.25, 0.3) is 27.4 Å². The first-order chi connectivity index (χ1) is 23.8. The minimum absolute atomic E-state index is 0.0725. The van der Waals surface area contributed by atoms with Crippen LogP contribution in [0.3, 0.4) is 0 Å². The average molecular weight is 717 g/mol. The summed E-state index contributed by atoms with van der Waals surface area (Å²) in [5, 5.41) is 25.5. The number of anilines is 1. The smallest absolute Gasteiger partial charge is 0.336 e. The van der Waals surface area contributed by atoms with Gasteiger partial charge in [0.2, 0.25) is 0 Å². The third kappa shape index (κ3) is 6.10. The highest BCUT2D eigenvalue weighted by atomic mass is 35.5. The van der Waals surface area contributed by atoms with E-state index in [1.54, 1.807) is 42.6 Å². The number of benzene rings is 3. The minimum atomic E-state index is -1.10. The Morgan fingerprint density at radius 1 is 1.10 bits per heavy atom. The first-order valence-corrected chi connectivity index (χ1v) is 17.1. The Bertz CT molecular complexity index is 2230. The molecule has 5 N–H and O–H groups in total. The lowest BCUT2D eigenvalue weighted by Crippen LogP contribution is -2.32. The molecule has 0 spiro atoms. The van der Waals surface area contributed by atoms with Crippen molar-refractivity contribution in [2.24, 2.45) is 12.9 Å². The van der Waals surface area contributed by atoms with Crippen molar-refractivity contribution < 1.29 is 19.4 Å². The molecule has 6 rings (SSSR count). The molecule has 0 aliphatic carbocycles. The summed E-state index contributed by atoms with van der Waals surface area (Å²) in [5.41, 5.74) is 9.77. The van der Waals surface area contributed by atoms with E-state index in [0.717, 1.165) is 33.3 Å². The number of carboxylic acids is 1. The predicted octanol–water partition coefficient (Wildman–Crippen LogP) is 7.45. The van der Waals surface area contributed by atoms with E-state index >= 15 is 0 Å². The van der Waals surface area contributed by atoms with Crippen molar-refractivity contribution in [3.8, 4) is 5.75 Å². The maximum atomic E-state index is 14.9. The number of carbonyl (C=O) groups excluding carboxylic acids is 1. The Kier molecular flexibility index (Phi) is 9.67. The van der Waals surface area contributed by atoms with E-state index in [1.807, 2.05) is 42.7 Å². The van der Waals surface area contributed by atoms with Gasteiger partial charge in [-0.25, -0.2) is 4.79 Å². The Morgan fingerprint density at radius 3 is 2.48 bits per heavy atom.